The maximum atomic E-state index is 10.9. The molecule has 1 rings (SSSR count). The molecule has 0 spiro atoms. The molecule has 1 saturated heterocycles. The Kier molecular flexibility index (Phi) is 3.80. The van der Waals surface area contributed by atoms with E-state index in [-0.39, 0.29) is 12.1 Å². The van der Waals surface area contributed by atoms with Crippen molar-refractivity contribution in [2.24, 2.45) is 0 Å². The van der Waals surface area contributed by atoms with Crippen molar-refractivity contribution in [3.63, 3.8) is 0 Å². The van der Waals surface area contributed by atoms with Gasteiger partial charge in [0.15, 0.2) is 0 Å². The van der Waals surface area contributed by atoms with Gasteiger partial charge in [-0.1, -0.05) is 19.4 Å². The Bertz CT molecular complexity index is 171. The Morgan fingerprint density at radius 3 is 3.08 bits per heavy atom. The van der Waals surface area contributed by atoms with Crippen LogP contribution in [0.2, 0.25) is 0 Å². The fourth-order valence-electron chi connectivity index (χ4n) is 0.734. The van der Waals surface area contributed by atoms with Crippen LogP contribution in [0.5, 0.6) is 0 Å². The highest BCUT2D eigenvalue weighted by molar-refractivity contribution is 5.81. The van der Waals surface area contributed by atoms with Crippen LogP contribution in [0.4, 0.5) is 0 Å². The zero-order valence-corrected chi connectivity index (χ0v) is 7.29. The molecule has 0 amide bonds. The van der Waals surface area contributed by atoms with Gasteiger partial charge in [-0.3, -0.25) is 0 Å². The molecule has 1 aliphatic heterocycles. The first-order valence-electron chi connectivity index (χ1n) is 4.28. The predicted molar refractivity (Wildman–Crippen MR) is 44.7 cm³/mol. The normalized spacial score (nSPS) is 21.2. The first kappa shape index (κ1) is 9.26. The molecule has 0 radical (unpaired) electrons. The summed E-state index contributed by atoms with van der Waals surface area (Å²) in [4.78, 5) is 10.9. The Morgan fingerprint density at radius 2 is 2.50 bits per heavy atom. The summed E-state index contributed by atoms with van der Waals surface area (Å²) in [6, 6.07) is 0. The van der Waals surface area contributed by atoms with Crippen LogP contribution in [0.25, 0.3) is 0 Å². The number of carbonyl (C=O) groups excluding carboxylic acids is 1. The van der Waals surface area contributed by atoms with E-state index >= 15 is 0 Å². The van der Waals surface area contributed by atoms with Gasteiger partial charge in [-0.05, 0) is 6.42 Å². The average Bonchev–Trinajstić information content (AvgIpc) is 2.84. The lowest BCUT2D eigenvalue weighted by Crippen LogP contribution is -2.06. The number of hydrogen-bond donors (Lipinski definition) is 0. The Morgan fingerprint density at radius 1 is 1.75 bits per heavy atom. The summed E-state index contributed by atoms with van der Waals surface area (Å²) >= 11 is 0. The highest BCUT2D eigenvalue weighted by atomic mass is 16.6. The number of esters is 1. The van der Waals surface area contributed by atoms with Gasteiger partial charge < -0.3 is 9.47 Å². The van der Waals surface area contributed by atoms with Crippen molar-refractivity contribution in [2.45, 2.75) is 25.9 Å². The van der Waals surface area contributed by atoms with E-state index in [0.29, 0.717) is 6.61 Å². The molecule has 68 valence electrons. The molecule has 12 heavy (non-hydrogen) atoms. The van der Waals surface area contributed by atoms with E-state index in [1.54, 1.807) is 0 Å². The van der Waals surface area contributed by atoms with Crippen LogP contribution >= 0.6 is 0 Å². The summed E-state index contributed by atoms with van der Waals surface area (Å²) in [6.07, 6.45) is 5.44. The van der Waals surface area contributed by atoms with Crippen molar-refractivity contribution < 1.29 is 14.3 Å². The van der Waals surface area contributed by atoms with E-state index in [1.165, 1.54) is 6.08 Å². The predicted octanol–water partition coefficient (Wildman–Crippen LogP) is 1.28. The minimum Gasteiger partial charge on any atom is -0.460 e. The number of rotatable bonds is 5. The summed E-state index contributed by atoms with van der Waals surface area (Å²) < 4.78 is 9.74. The molecule has 3 nitrogen and oxygen atoms in total. The molecule has 0 aliphatic carbocycles. The van der Waals surface area contributed by atoms with Gasteiger partial charge in [-0.15, -0.1) is 0 Å². The number of allylic oxidation sites excluding steroid dienone is 1. The number of epoxide rings is 1. The van der Waals surface area contributed by atoms with Gasteiger partial charge in [0.25, 0.3) is 0 Å². The molecule has 1 unspecified atom stereocenters. The van der Waals surface area contributed by atoms with Crippen LogP contribution in [0.15, 0.2) is 12.2 Å². The van der Waals surface area contributed by atoms with Crippen molar-refractivity contribution in [1.29, 1.82) is 0 Å². The van der Waals surface area contributed by atoms with Crippen molar-refractivity contribution in [2.75, 3.05) is 13.2 Å². The van der Waals surface area contributed by atoms with Crippen LogP contribution in [0, 0.1) is 0 Å². The summed E-state index contributed by atoms with van der Waals surface area (Å²) in [6.45, 7) is 3.19. The van der Waals surface area contributed by atoms with Crippen LogP contribution in [0.3, 0.4) is 0 Å². The van der Waals surface area contributed by atoms with Gasteiger partial charge in [-0.2, -0.15) is 0 Å². The minimum atomic E-state index is -0.265. The molecule has 1 aliphatic rings. The maximum absolute atomic E-state index is 10.9. The molecule has 3 heteroatoms. The van der Waals surface area contributed by atoms with Gasteiger partial charge in [0.05, 0.1) is 6.61 Å². The Hall–Kier alpha value is -0.830. The SMILES string of the molecule is CCCC=CC(=O)OCC1CO1. The summed E-state index contributed by atoms with van der Waals surface area (Å²) in [5.74, 6) is -0.265. The Labute approximate surface area is 72.4 Å². The zero-order valence-electron chi connectivity index (χ0n) is 7.29. The average molecular weight is 170 g/mol. The molecular formula is C9H14O3. The fourth-order valence-corrected chi connectivity index (χ4v) is 0.734. The van der Waals surface area contributed by atoms with Gasteiger partial charge in [0.1, 0.15) is 12.7 Å². The van der Waals surface area contributed by atoms with Crippen molar-refractivity contribution in [3.05, 3.63) is 12.2 Å². The quantitative estimate of drug-likeness (QED) is 0.354. The standard InChI is InChI=1S/C9H14O3/c1-2-3-4-5-9(10)12-7-8-6-11-8/h4-5,8H,2-3,6-7H2,1H3. The molecule has 0 aromatic carbocycles. The summed E-state index contributed by atoms with van der Waals surface area (Å²) in [7, 11) is 0. The second kappa shape index (κ2) is 4.93. The maximum Gasteiger partial charge on any atom is 0.330 e. The molecule has 0 N–H and O–H groups in total. The minimum absolute atomic E-state index is 0.161. The van der Waals surface area contributed by atoms with E-state index in [4.69, 9.17) is 9.47 Å². The molecular weight excluding hydrogens is 156 g/mol. The second-order valence-corrected chi connectivity index (χ2v) is 2.78. The third-order valence-electron chi connectivity index (χ3n) is 1.52. The van der Waals surface area contributed by atoms with E-state index in [9.17, 15) is 4.79 Å². The monoisotopic (exact) mass is 170 g/mol. The van der Waals surface area contributed by atoms with Crippen LogP contribution in [0.1, 0.15) is 19.8 Å². The molecule has 0 aromatic heterocycles. The van der Waals surface area contributed by atoms with E-state index in [1.807, 2.05) is 6.08 Å². The van der Waals surface area contributed by atoms with Crippen LogP contribution in [-0.4, -0.2) is 25.3 Å². The first-order valence-corrected chi connectivity index (χ1v) is 4.28. The van der Waals surface area contributed by atoms with Crippen LogP contribution in [-0.2, 0) is 14.3 Å². The lowest BCUT2D eigenvalue weighted by molar-refractivity contribution is -0.138. The molecule has 1 atom stereocenters. The van der Waals surface area contributed by atoms with Gasteiger partial charge in [0, 0.05) is 6.08 Å². The molecule has 1 fully saturated rings. The fraction of sp³-hybridized carbons (Fsp3) is 0.667. The topological polar surface area (TPSA) is 38.8 Å². The second-order valence-electron chi connectivity index (χ2n) is 2.78. The zero-order chi connectivity index (χ0) is 8.81. The van der Waals surface area contributed by atoms with E-state index in [2.05, 4.69) is 6.92 Å². The molecule has 0 saturated carbocycles. The number of hydrogen-bond acceptors (Lipinski definition) is 3. The highest BCUT2D eigenvalue weighted by Gasteiger charge is 2.23. The van der Waals surface area contributed by atoms with Crippen LogP contribution < -0.4 is 0 Å². The van der Waals surface area contributed by atoms with Gasteiger partial charge in [-0.25, -0.2) is 4.79 Å². The Balaban J connectivity index is 2.01. The van der Waals surface area contributed by atoms with Crippen molar-refractivity contribution >= 4 is 5.97 Å². The number of unbranched alkanes of at least 4 members (excludes halogenated alkanes) is 1. The third kappa shape index (κ3) is 4.13. The molecule has 0 bridgehead atoms. The summed E-state index contributed by atoms with van der Waals surface area (Å²) in [5, 5.41) is 0. The van der Waals surface area contributed by atoms with Crippen molar-refractivity contribution in [1.82, 2.24) is 0 Å². The van der Waals surface area contributed by atoms with Gasteiger partial charge in [0.2, 0.25) is 0 Å². The first-order chi connectivity index (χ1) is 5.83. The largest absolute Gasteiger partial charge is 0.460 e. The van der Waals surface area contributed by atoms with Gasteiger partial charge >= 0.3 is 5.97 Å². The van der Waals surface area contributed by atoms with Crippen molar-refractivity contribution in [3.8, 4) is 0 Å². The highest BCUT2D eigenvalue weighted by Crippen LogP contribution is 2.08. The van der Waals surface area contributed by atoms with E-state index in [0.717, 1.165) is 19.4 Å². The third-order valence-corrected chi connectivity index (χ3v) is 1.52. The number of carbonyl (C=O) groups is 1. The molecule has 0 aromatic rings. The summed E-state index contributed by atoms with van der Waals surface area (Å²) in [5.41, 5.74) is 0. The smallest absolute Gasteiger partial charge is 0.330 e. The lowest BCUT2D eigenvalue weighted by atomic mass is 10.3. The lowest BCUT2D eigenvalue weighted by Gasteiger charge is -1.96. The molecule has 1 heterocycles. The number of ether oxygens (including phenoxy) is 2. The van der Waals surface area contributed by atoms with E-state index < -0.39 is 0 Å².